The summed E-state index contributed by atoms with van der Waals surface area (Å²) in [6, 6.07) is 7.91. The van der Waals surface area contributed by atoms with Crippen LogP contribution < -0.4 is 4.90 Å². The summed E-state index contributed by atoms with van der Waals surface area (Å²) in [5, 5.41) is 0. The Morgan fingerprint density at radius 3 is 2.17 bits per heavy atom. The first-order chi connectivity index (χ1) is 8.61. The van der Waals surface area contributed by atoms with Gasteiger partial charge >= 0.3 is 0 Å². The van der Waals surface area contributed by atoms with Crippen LogP contribution in [0.4, 0.5) is 5.69 Å². The van der Waals surface area contributed by atoms with Crippen LogP contribution in [0.1, 0.15) is 49.9 Å². The van der Waals surface area contributed by atoms with Gasteiger partial charge in [-0.2, -0.15) is 0 Å². The second kappa shape index (κ2) is 7.20. The maximum atomic E-state index is 12.6. The molecule has 0 saturated carbocycles. The molecule has 0 aliphatic rings. The van der Waals surface area contributed by atoms with Crippen LogP contribution in [0.25, 0.3) is 0 Å². The fourth-order valence-corrected chi connectivity index (χ4v) is 2.40. The fourth-order valence-electron chi connectivity index (χ4n) is 2.40. The lowest BCUT2D eigenvalue weighted by Crippen LogP contribution is -2.19. The SMILES string of the molecule is CCCC(CCC)C(=O)c1ccccc1N(C)C. The van der Waals surface area contributed by atoms with Gasteiger partial charge in [0.2, 0.25) is 0 Å². The van der Waals surface area contributed by atoms with Crippen molar-refractivity contribution in [1.29, 1.82) is 0 Å². The highest BCUT2D eigenvalue weighted by Crippen LogP contribution is 2.25. The van der Waals surface area contributed by atoms with E-state index in [-0.39, 0.29) is 5.92 Å². The van der Waals surface area contributed by atoms with Gasteiger partial charge in [-0.05, 0) is 25.0 Å². The normalized spacial score (nSPS) is 10.7. The highest BCUT2D eigenvalue weighted by molar-refractivity contribution is 6.02. The lowest BCUT2D eigenvalue weighted by Gasteiger charge is -2.20. The number of carbonyl (C=O) groups is 1. The van der Waals surface area contributed by atoms with Gasteiger partial charge in [0, 0.05) is 31.3 Å². The van der Waals surface area contributed by atoms with Crippen molar-refractivity contribution in [3.8, 4) is 0 Å². The number of ketones is 1. The third-order valence-corrected chi connectivity index (χ3v) is 3.30. The van der Waals surface area contributed by atoms with Gasteiger partial charge in [0.15, 0.2) is 5.78 Å². The molecule has 2 heteroatoms. The third-order valence-electron chi connectivity index (χ3n) is 3.30. The second-order valence-corrected chi connectivity index (χ2v) is 5.05. The predicted octanol–water partition coefficient (Wildman–Crippen LogP) is 4.15. The summed E-state index contributed by atoms with van der Waals surface area (Å²) in [6.07, 6.45) is 4.13. The van der Waals surface area contributed by atoms with E-state index >= 15 is 0 Å². The molecule has 0 fully saturated rings. The van der Waals surface area contributed by atoms with Gasteiger partial charge in [-0.15, -0.1) is 0 Å². The standard InChI is InChI=1S/C16H25NO/c1-5-9-13(10-6-2)16(18)14-11-7-8-12-15(14)17(3)4/h7-8,11-13H,5-6,9-10H2,1-4H3. The van der Waals surface area contributed by atoms with Crippen LogP contribution in [0.5, 0.6) is 0 Å². The van der Waals surface area contributed by atoms with Gasteiger partial charge in [0.1, 0.15) is 0 Å². The fraction of sp³-hybridized carbons (Fsp3) is 0.562. The monoisotopic (exact) mass is 247 g/mol. The number of Topliss-reactive ketones (excluding diaryl/α,β-unsaturated/α-hetero) is 1. The van der Waals surface area contributed by atoms with Crippen molar-refractivity contribution in [2.24, 2.45) is 5.92 Å². The van der Waals surface area contributed by atoms with E-state index in [0.717, 1.165) is 36.9 Å². The van der Waals surface area contributed by atoms with E-state index in [1.807, 2.05) is 43.3 Å². The Bertz CT molecular complexity index is 378. The van der Waals surface area contributed by atoms with Gasteiger partial charge in [0.05, 0.1) is 0 Å². The van der Waals surface area contributed by atoms with E-state index in [2.05, 4.69) is 13.8 Å². The number of anilines is 1. The van der Waals surface area contributed by atoms with E-state index in [9.17, 15) is 4.79 Å². The Hall–Kier alpha value is -1.31. The van der Waals surface area contributed by atoms with Crippen LogP contribution in [0.2, 0.25) is 0 Å². The van der Waals surface area contributed by atoms with Crippen molar-refractivity contribution in [3.05, 3.63) is 29.8 Å². The number of hydrogen-bond donors (Lipinski definition) is 0. The van der Waals surface area contributed by atoms with E-state index in [0.29, 0.717) is 5.78 Å². The van der Waals surface area contributed by atoms with Crippen LogP contribution in [-0.2, 0) is 0 Å². The Morgan fingerprint density at radius 1 is 1.11 bits per heavy atom. The molecule has 18 heavy (non-hydrogen) atoms. The number of hydrogen-bond acceptors (Lipinski definition) is 2. The number of rotatable bonds is 7. The zero-order valence-electron chi connectivity index (χ0n) is 12.1. The quantitative estimate of drug-likeness (QED) is 0.675. The molecule has 0 heterocycles. The van der Waals surface area contributed by atoms with Crippen molar-refractivity contribution in [3.63, 3.8) is 0 Å². The predicted molar refractivity (Wildman–Crippen MR) is 78.4 cm³/mol. The Balaban J connectivity index is 3.00. The molecule has 0 radical (unpaired) electrons. The molecule has 0 aliphatic heterocycles. The molecule has 0 atom stereocenters. The lowest BCUT2D eigenvalue weighted by atomic mass is 9.89. The molecule has 0 aromatic heterocycles. The van der Waals surface area contributed by atoms with Crippen molar-refractivity contribution >= 4 is 11.5 Å². The molecule has 1 rings (SSSR count). The maximum Gasteiger partial charge on any atom is 0.168 e. The summed E-state index contributed by atoms with van der Waals surface area (Å²) in [7, 11) is 3.97. The summed E-state index contributed by atoms with van der Waals surface area (Å²) < 4.78 is 0. The number of benzene rings is 1. The Kier molecular flexibility index (Phi) is 5.90. The first-order valence-corrected chi connectivity index (χ1v) is 6.92. The third kappa shape index (κ3) is 3.59. The minimum absolute atomic E-state index is 0.182. The number of nitrogens with zero attached hydrogens (tertiary/aromatic N) is 1. The maximum absolute atomic E-state index is 12.6. The highest BCUT2D eigenvalue weighted by Gasteiger charge is 2.21. The van der Waals surface area contributed by atoms with Gasteiger partial charge < -0.3 is 4.90 Å². The Labute approximate surface area is 111 Å². The summed E-state index contributed by atoms with van der Waals surface area (Å²) in [5.74, 6) is 0.490. The molecule has 0 spiro atoms. The molecule has 0 bridgehead atoms. The smallest absolute Gasteiger partial charge is 0.168 e. The minimum Gasteiger partial charge on any atom is -0.377 e. The van der Waals surface area contributed by atoms with Crippen molar-refractivity contribution in [1.82, 2.24) is 0 Å². The van der Waals surface area contributed by atoms with E-state index < -0.39 is 0 Å². The zero-order valence-corrected chi connectivity index (χ0v) is 12.1. The first-order valence-electron chi connectivity index (χ1n) is 6.92. The van der Waals surface area contributed by atoms with Crippen molar-refractivity contribution in [2.45, 2.75) is 39.5 Å². The summed E-state index contributed by atoms with van der Waals surface area (Å²) >= 11 is 0. The molecular weight excluding hydrogens is 222 g/mol. The van der Waals surface area contributed by atoms with Crippen LogP contribution in [0.15, 0.2) is 24.3 Å². The van der Waals surface area contributed by atoms with Crippen LogP contribution in [0, 0.1) is 5.92 Å². The largest absolute Gasteiger partial charge is 0.377 e. The van der Waals surface area contributed by atoms with Crippen molar-refractivity contribution < 1.29 is 4.79 Å². The van der Waals surface area contributed by atoms with Crippen LogP contribution in [-0.4, -0.2) is 19.9 Å². The van der Waals surface area contributed by atoms with E-state index in [1.165, 1.54) is 0 Å². The van der Waals surface area contributed by atoms with Gasteiger partial charge in [-0.25, -0.2) is 0 Å². The highest BCUT2D eigenvalue weighted by atomic mass is 16.1. The molecule has 0 unspecified atom stereocenters. The average molecular weight is 247 g/mol. The van der Waals surface area contributed by atoms with Crippen LogP contribution in [0.3, 0.4) is 0 Å². The van der Waals surface area contributed by atoms with E-state index in [4.69, 9.17) is 0 Å². The molecular formula is C16H25NO. The molecule has 0 N–H and O–H groups in total. The van der Waals surface area contributed by atoms with Crippen LogP contribution >= 0.6 is 0 Å². The molecule has 1 aromatic rings. The molecule has 0 saturated heterocycles. The number of carbonyl (C=O) groups excluding carboxylic acids is 1. The average Bonchev–Trinajstić information content (AvgIpc) is 2.37. The molecule has 1 aromatic carbocycles. The lowest BCUT2D eigenvalue weighted by molar-refractivity contribution is 0.0905. The van der Waals surface area contributed by atoms with Gasteiger partial charge in [0.25, 0.3) is 0 Å². The Morgan fingerprint density at radius 2 is 1.67 bits per heavy atom. The van der Waals surface area contributed by atoms with Gasteiger partial charge in [-0.1, -0.05) is 38.8 Å². The molecule has 0 aliphatic carbocycles. The summed E-state index contributed by atoms with van der Waals surface area (Å²) in [5.41, 5.74) is 1.90. The number of para-hydroxylation sites is 1. The molecule has 100 valence electrons. The second-order valence-electron chi connectivity index (χ2n) is 5.05. The van der Waals surface area contributed by atoms with Crippen molar-refractivity contribution in [2.75, 3.05) is 19.0 Å². The zero-order chi connectivity index (χ0) is 13.5. The molecule has 0 amide bonds. The van der Waals surface area contributed by atoms with Gasteiger partial charge in [-0.3, -0.25) is 4.79 Å². The molecule has 2 nitrogen and oxygen atoms in total. The minimum atomic E-state index is 0.182. The summed E-state index contributed by atoms with van der Waals surface area (Å²) in [4.78, 5) is 14.6. The van der Waals surface area contributed by atoms with E-state index in [1.54, 1.807) is 0 Å². The summed E-state index contributed by atoms with van der Waals surface area (Å²) in [6.45, 7) is 4.29. The first kappa shape index (κ1) is 14.7. The topological polar surface area (TPSA) is 20.3 Å².